The summed E-state index contributed by atoms with van der Waals surface area (Å²) in [5.41, 5.74) is 2.34. The Hall–Kier alpha value is -3.81. The van der Waals surface area contributed by atoms with Crippen molar-refractivity contribution in [1.29, 1.82) is 0 Å². The van der Waals surface area contributed by atoms with Crippen LogP contribution >= 0.6 is 0 Å². The number of nitrogens with one attached hydrogen (secondary N) is 2. The maximum absolute atomic E-state index is 12.8. The van der Waals surface area contributed by atoms with Gasteiger partial charge in [0.1, 0.15) is 6.54 Å². The molecule has 0 aliphatic heterocycles. The highest BCUT2D eigenvalue weighted by molar-refractivity contribution is 5.84. The van der Waals surface area contributed by atoms with Gasteiger partial charge in [-0.3, -0.25) is 9.59 Å². The molecule has 0 aliphatic rings. The van der Waals surface area contributed by atoms with Crippen molar-refractivity contribution >= 4 is 16.7 Å². The van der Waals surface area contributed by atoms with Crippen molar-refractivity contribution in [3.63, 3.8) is 0 Å². The number of H-pyrrole nitrogens is 1. The highest BCUT2D eigenvalue weighted by Crippen LogP contribution is 2.16. The Kier molecular flexibility index (Phi) is 5.42. The minimum Gasteiger partial charge on any atom is -0.354 e. The predicted molar refractivity (Wildman–Crippen MR) is 108 cm³/mol. The zero-order valence-electron chi connectivity index (χ0n) is 15.7. The first-order valence-electron chi connectivity index (χ1n) is 9.35. The fourth-order valence-electron chi connectivity index (χ4n) is 3.20. The lowest BCUT2D eigenvalue weighted by molar-refractivity contribution is -0.121. The summed E-state index contributed by atoms with van der Waals surface area (Å²) in [7, 11) is 0. The van der Waals surface area contributed by atoms with E-state index in [0.29, 0.717) is 24.8 Å². The molecule has 0 fully saturated rings. The standard InChI is InChI=1S/C21H20N6O2/c28-20(22-11-10-16-13-23-26-24-16)14-27-21(29)18-9-5-4-8-17(18)19(25-27)12-15-6-2-1-3-7-15/h1-9,13H,10-12,14H2,(H,22,28)(H,23,24,26). The molecule has 0 saturated heterocycles. The van der Waals surface area contributed by atoms with Crippen LogP contribution in [0.4, 0.5) is 0 Å². The van der Waals surface area contributed by atoms with Crippen molar-refractivity contribution in [2.24, 2.45) is 0 Å². The summed E-state index contributed by atoms with van der Waals surface area (Å²) in [6.45, 7) is 0.273. The minimum atomic E-state index is -0.274. The lowest BCUT2D eigenvalue weighted by atomic mass is 10.0. The van der Waals surface area contributed by atoms with Gasteiger partial charge in [0.25, 0.3) is 5.56 Å². The molecule has 2 heterocycles. The molecular weight excluding hydrogens is 368 g/mol. The van der Waals surface area contributed by atoms with Crippen LogP contribution in [0.3, 0.4) is 0 Å². The monoisotopic (exact) mass is 388 g/mol. The number of nitrogens with zero attached hydrogens (tertiary/aromatic N) is 4. The van der Waals surface area contributed by atoms with Crippen LogP contribution in [0.25, 0.3) is 10.8 Å². The van der Waals surface area contributed by atoms with Crippen molar-refractivity contribution < 1.29 is 4.79 Å². The first kappa shape index (κ1) is 18.5. The van der Waals surface area contributed by atoms with Crippen LogP contribution in [0, 0.1) is 0 Å². The quantitative estimate of drug-likeness (QED) is 0.499. The van der Waals surface area contributed by atoms with E-state index < -0.39 is 0 Å². The van der Waals surface area contributed by atoms with Crippen LogP contribution in [-0.4, -0.2) is 37.6 Å². The van der Waals surface area contributed by atoms with Crippen molar-refractivity contribution in [2.75, 3.05) is 6.54 Å². The van der Waals surface area contributed by atoms with E-state index in [9.17, 15) is 9.59 Å². The van der Waals surface area contributed by atoms with Gasteiger partial charge in [0.15, 0.2) is 0 Å². The molecular formula is C21H20N6O2. The van der Waals surface area contributed by atoms with Gasteiger partial charge in [-0.1, -0.05) is 48.5 Å². The van der Waals surface area contributed by atoms with Gasteiger partial charge in [-0.05, 0) is 11.6 Å². The molecule has 0 spiro atoms. The molecule has 0 aliphatic carbocycles. The van der Waals surface area contributed by atoms with E-state index in [2.05, 4.69) is 25.8 Å². The van der Waals surface area contributed by atoms with Gasteiger partial charge >= 0.3 is 0 Å². The third-order valence-electron chi connectivity index (χ3n) is 4.62. The van der Waals surface area contributed by atoms with E-state index in [1.54, 1.807) is 12.3 Å². The van der Waals surface area contributed by atoms with Crippen LogP contribution in [0.2, 0.25) is 0 Å². The maximum Gasteiger partial charge on any atom is 0.275 e. The number of carbonyl (C=O) groups is 1. The second-order valence-electron chi connectivity index (χ2n) is 6.68. The Morgan fingerprint density at radius 2 is 1.79 bits per heavy atom. The second kappa shape index (κ2) is 8.47. The smallest absolute Gasteiger partial charge is 0.275 e. The average molecular weight is 388 g/mol. The van der Waals surface area contributed by atoms with Crippen LogP contribution in [0.15, 0.2) is 65.6 Å². The summed E-state index contributed by atoms with van der Waals surface area (Å²) >= 11 is 0. The van der Waals surface area contributed by atoms with Gasteiger partial charge in [0.2, 0.25) is 5.91 Å². The molecule has 0 radical (unpaired) electrons. The Balaban J connectivity index is 1.56. The number of fused-ring (bicyclic) bond motifs is 1. The lowest BCUT2D eigenvalue weighted by Crippen LogP contribution is -2.35. The largest absolute Gasteiger partial charge is 0.354 e. The molecule has 0 bridgehead atoms. The van der Waals surface area contributed by atoms with Gasteiger partial charge in [-0.2, -0.15) is 20.5 Å². The zero-order chi connectivity index (χ0) is 20.1. The third kappa shape index (κ3) is 4.37. The number of hydrogen-bond donors (Lipinski definition) is 2. The van der Waals surface area contributed by atoms with E-state index in [0.717, 1.165) is 22.3 Å². The summed E-state index contributed by atoms with van der Waals surface area (Å²) in [5, 5.41) is 18.9. The van der Waals surface area contributed by atoms with Crippen LogP contribution in [0.5, 0.6) is 0 Å². The molecule has 1 amide bonds. The van der Waals surface area contributed by atoms with E-state index in [4.69, 9.17) is 0 Å². The SMILES string of the molecule is O=C(Cn1nc(Cc2ccccc2)c2ccccc2c1=O)NCCc1cn[nH]n1. The van der Waals surface area contributed by atoms with Gasteiger partial charge in [-0.25, -0.2) is 4.68 Å². The predicted octanol–water partition coefficient (Wildman–Crippen LogP) is 1.46. The minimum absolute atomic E-state index is 0.135. The van der Waals surface area contributed by atoms with Gasteiger partial charge < -0.3 is 5.32 Å². The van der Waals surface area contributed by atoms with E-state index in [-0.39, 0.29) is 18.0 Å². The van der Waals surface area contributed by atoms with Gasteiger partial charge in [0, 0.05) is 24.8 Å². The summed E-state index contributed by atoms with van der Waals surface area (Å²) in [6.07, 6.45) is 2.74. The molecule has 4 aromatic rings. The summed E-state index contributed by atoms with van der Waals surface area (Å²) in [4.78, 5) is 25.2. The molecule has 0 atom stereocenters. The normalized spacial score (nSPS) is 10.9. The van der Waals surface area contributed by atoms with Gasteiger partial charge in [-0.15, -0.1) is 0 Å². The molecule has 8 nitrogen and oxygen atoms in total. The van der Waals surface area contributed by atoms with Crippen LogP contribution in [-0.2, 0) is 24.2 Å². The molecule has 4 rings (SSSR count). The third-order valence-corrected chi connectivity index (χ3v) is 4.62. The fraction of sp³-hybridized carbons (Fsp3) is 0.190. The fourth-order valence-corrected chi connectivity index (χ4v) is 3.20. The molecule has 2 aromatic carbocycles. The number of benzene rings is 2. The number of aromatic nitrogens is 5. The highest BCUT2D eigenvalue weighted by Gasteiger charge is 2.13. The molecule has 8 heteroatoms. The van der Waals surface area contributed by atoms with Crippen LogP contribution < -0.4 is 10.9 Å². The molecule has 146 valence electrons. The summed E-state index contributed by atoms with van der Waals surface area (Å²) < 4.78 is 1.24. The van der Waals surface area contributed by atoms with Crippen molar-refractivity contribution in [3.8, 4) is 0 Å². The Labute approximate surface area is 166 Å². The summed E-state index contributed by atoms with van der Waals surface area (Å²) in [5.74, 6) is -0.274. The molecule has 0 saturated carbocycles. The first-order valence-corrected chi connectivity index (χ1v) is 9.35. The van der Waals surface area contributed by atoms with E-state index >= 15 is 0 Å². The Morgan fingerprint density at radius 1 is 1.03 bits per heavy atom. The first-order chi connectivity index (χ1) is 14.2. The van der Waals surface area contributed by atoms with Crippen LogP contribution in [0.1, 0.15) is 17.0 Å². The summed E-state index contributed by atoms with van der Waals surface area (Å²) in [6, 6.07) is 17.3. The van der Waals surface area contributed by atoms with E-state index in [1.807, 2.05) is 48.5 Å². The molecule has 29 heavy (non-hydrogen) atoms. The molecule has 2 aromatic heterocycles. The molecule has 0 unspecified atom stereocenters. The number of hydrogen-bond acceptors (Lipinski definition) is 5. The lowest BCUT2D eigenvalue weighted by Gasteiger charge is -2.11. The number of carbonyl (C=O) groups excluding carboxylic acids is 1. The zero-order valence-corrected chi connectivity index (χ0v) is 15.7. The highest BCUT2D eigenvalue weighted by atomic mass is 16.2. The van der Waals surface area contributed by atoms with Crippen molar-refractivity contribution in [1.82, 2.24) is 30.5 Å². The van der Waals surface area contributed by atoms with Gasteiger partial charge in [0.05, 0.1) is 23.0 Å². The van der Waals surface area contributed by atoms with Crippen molar-refractivity contribution in [3.05, 3.63) is 88.1 Å². The van der Waals surface area contributed by atoms with Crippen molar-refractivity contribution in [2.45, 2.75) is 19.4 Å². The Bertz CT molecular complexity index is 1170. The number of rotatable bonds is 7. The average Bonchev–Trinajstić information content (AvgIpc) is 3.26. The topological polar surface area (TPSA) is 106 Å². The molecule has 2 N–H and O–H groups in total. The number of aromatic amines is 1. The second-order valence-corrected chi connectivity index (χ2v) is 6.68. The maximum atomic E-state index is 12.8. The van der Waals surface area contributed by atoms with E-state index in [1.165, 1.54) is 4.68 Å². The Morgan fingerprint density at radius 3 is 2.55 bits per heavy atom. The number of amides is 1.